The van der Waals surface area contributed by atoms with Gasteiger partial charge < -0.3 is 10.6 Å². The second-order valence-corrected chi connectivity index (χ2v) is 8.06. The lowest BCUT2D eigenvalue weighted by Gasteiger charge is -2.30. The van der Waals surface area contributed by atoms with Crippen LogP contribution in [0.5, 0.6) is 0 Å². The summed E-state index contributed by atoms with van der Waals surface area (Å²) in [6, 6.07) is 13.8. The van der Waals surface area contributed by atoms with E-state index >= 15 is 0 Å². The fraction of sp³-hybridized carbons (Fsp3) is 0.304. The molecule has 2 N–H and O–H groups in total. The fourth-order valence-electron chi connectivity index (χ4n) is 4.14. The fourth-order valence-corrected chi connectivity index (χ4v) is 4.14. The standard InChI is InChI=1S/C23H25N7O/c1-15-13-18(14-16(2)25-15)19-20(17-7-4-3-5-8-17)26-22(24)30-21(19)27-29(23(30)31)12-11-28-9-6-10-28/h3-5,7-8,13-14H,6,9-12H2,1-2H3,(H2,24,26). The van der Waals surface area contributed by atoms with Gasteiger partial charge in [0.15, 0.2) is 5.65 Å². The van der Waals surface area contributed by atoms with Crippen molar-refractivity contribution in [3.63, 3.8) is 0 Å². The molecule has 0 aliphatic carbocycles. The van der Waals surface area contributed by atoms with Crippen molar-refractivity contribution >= 4 is 11.6 Å². The maximum atomic E-state index is 13.1. The summed E-state index contributed by atoms with van der Waals surface area (Å²) in [5, 5.41) is 4.73. The lowest BCUT2D eigenvalue weighted by atomic mass is 9.99. The molecule has 4 heterocycles. The molecule has 0 saturated carbocycles. The zero-order chi connectivity index (χ0) is 21.5. The summed E-state index contributed by atoms with van der Waals surface area (Å²) in [6.07, 6.45) is 1.21. The van der Waals surface area contributed by atoms with E-state index in [1.54, 1.807) is 0 Å². The van der Waals surface area contributed by atoms with Gasteiger partial charge in [-0.3, -0.25) is 4.98 Å². The second-order valence-electron chi connectivity index (χ2n) is 8.06. The van der Waals surface area contributed by atoms with E-state index in [2.05, 4.69) is 14.9 Å². The van der Waals surface area contributed by atoms with Crippen LogP contribution < -0.4 is 11.4 Å². The number of rotatable bonds is 5. The Morgan fingerprint density at radius 1 is 0.968 bits per heavy atom. The summed E-state index contributed by atoms with van der Waals surface area (Å²) in [7, 11) is 0. The monoisotopic (exact) mass is 415 g/mol. The first-order valence-electron chi connectivity index (χ1n) is 10.5. The number of hydrogen-bond acceptors (Lipinski definition) is 6. The number of likely N-dealkylation sites (tertiary alicyclic amines) is 1. The van der Waals surface area contributed by atoms with Crippen molar-refractivity contribution in [3.8, 4) is 22.4 Å². The Hall–Kier alpha value is -3.52. The molecule has 1 fully saturated rings. The summed E-state index contributed by atoms with van der Waals surface area (Å²) in [5.41, 5.74) is 11.7. The van der Waals surface area contributed by atoms with Gasteiger partial charge >= 0.3 is 5.69 Å². The van der Waals surface area contributed by atoms with Crippen molar-refractivity contribution in [1.82, 2.24) is 29.0 Å². The van der Waals surface area contributed by atoms with Gasteiger partial charge in [-0.15, -0.1) is 5.10 Å². The van der Waals surface area contributed by atoms with Gasteiger partial charge in [0.05, 0.1) is 17.8 Å². The molecule has 0 bridgehead atoms. The average molecular weight is 416 g/mol. The third-order valence-corrected chi connectivity index (χ3v) is 5.75. The van der Waals surface area contributed by atoms with Crippen molar-refractivity contribution in [1.29, 1.82) is 0 Å². The van der Waals surface area contributed by atoms with Gasteiger partial charge in [-0.1, -0.05) is 30.3 Å². The summed E-state index contributed by atoms with van der Waals surface area (Å²) in [6.45, 7) is 7.38. The maximum Gasteiger partial charge on any atom is 0.353 e. The number of anilines is 1. The number of pyridine rings is 1. The first-order valence-corrected chi connectivity index (χ1v) is 10.5. The Morgan fingerprint density at radius 3 is 2.32 bits per heavy atom. The molecule has 0 spiro atoms. The lowest BCUT2D eigenvalue weighted by molar-refractivity contribution is 0.171. The minimum absolute atomic E-state index is 0.139. The zero-order valence-electron chi connectivity index (χ0n) is 17.7. The molecular weight excluding hydrogens is 390 g/mol. The number of nitrogens with two attached hydrogens (primary N) is 1. The SMILES string of the molecule is Cc1cc(-c2c(-c3ccccc3)nc(N)n3c(=O)n(CCN4CCC4)nc23)cc(C)n1. The Morgan fingerprint density at radius 2 is 1.68 bits per heavy atom. The zero-order valence-corrected chi connectivity index (χ0v) is 17.7. The lowest BCUT2D eigenvalue weighted by Crippen LogP contribution is -2.40. The Bertz CT molecular complexity index is 1300. The minimum atomic E-state index is -0.260. The van der Waals surface area contributed by atoms with Crippen LogP contribution in [0.1, 0.15) is 17.8 Å². The summed E-state index contributed by atoms with van der Waals surface area (Å²) < 4.78 is 2.92. The molecule has 0 radical (unpaired) electrons. The van der Waals surface area contributed by atoms with E-state index in [0.29, 0.717) is 17.9 Å². The van der Waals surface area contributed by atoms with Crippen molar-refractivity contribution < 1.29 is 0 Å². The van der Waals surface area contributed by atoms with Gasteiger partial charge in [0.2, 0.25) is 5.95 Å². The molecule has 8 heteroatoms. The number of benzene rings is 1. The van der Waals surface area contributed by atoms with E-state index in [1.807, 2.05) is 56.3 Å². The normalized spacial score (nSPS) is 14.1. The van der Waals surface area contributed by atoms with Gasteiger partial charge in [0, 0.05) is 23.5 Å². The average Bonchev–Trinajstić information content (AvgIpc) is 3.03. The molecule has 0 unspecified atom stereocenters. The molecule has 0 amide bonds. The number of aromatic nitrogens is 5. The Balaban J connectivity index is 1.77. The molecule has 1 aromatic carbocycles. The predicted molar refractivity (Wildman–Crippen MR) is 121 cm³/mol. The quantitative estimate of drug-likeness (QED) is 0.538. The van der Waals surface area contributed by atoms with Gasteiger partial charge in [-0.05, 0) is 51.1 Å². The largest absolute Gasteiger partial charge is 0.369 e. The van der Waals surface area contributed by atoms with Crippen LogP contribution in [0, 0.1) is 13.8 Å². The van der Waals surface area contributed by atoms with Gasteiger partial charge in [-0.2, -0.15) is 0 Å². The van der Waals surface area contributed by atoms with Gasteiger partial charge in [-0.25, -0.2) is 18.9 Å². The maximum absolute atomic E-state index is 13.1. The van der Waals surface area contributed by atoms with Crippen LogP contribution in [0.2, 0.25) is 0 Å². The number of aryl methyl sites for hydroxylation is 2. The molecule has 1 saturated heterocycles. The molecule has 8 nitrogen and oxygen atoms in total. The third kappa shape index (κ3) is 3.48. The Labute approximate surface area is 180 Å². The number of nitrogens with zero attached hydrogens (tertiary/aromatic N) is 6. The highest BCUT2D eigenvalue weighted by Gasteiger charge is 2.22. The van der Waals surface area contributed by atoms with E-state index in [0.717, 1.165) is 47.7 Å². The molecule has 4 aromatic rings. The highest BCUT2D eigenvalue weighted by molar-refractivity contribution is 5.90. The van der Waals surface area contributed by atoms with Gasteiger partial charge in [0.1, 0.15) is 0 Å². The highest BCUT2D eigenvalue weighted by Crippen LogP contribution is 2.34. The van der Waals surface area contributed by atoms with Crippen molar-refractivity contribution in [2.24, 2.45) is 0 Å². The molecular formula is C23H25N7O. The number of fused-ring (bicyclic) bond motifs is 1. The second kappa shape index (κ2) is 7.63. The van der Waals surface area contributed by atoms with Crippen LogP contribution >= 0.6 is 0 Å². The van der Waals surface area contributed by atoms with E-state index < -0.39 is 0 Å². The molecule has 31 heavy (non-hydrogen) atoms. The van der Waals surface area contributed by atoms with E-state index in [4.69, 9.17) is 10.8 Å². The molecule has 158 valence electrons. The van der Waals surface area contributed by atoms with E-state index in [9.17, 15) is 4.79 Å². The van der Waals surface area contributed by atoms with E-state index in [1.165, 1.54) is 15.5 Å². The van der Waals surface area contributed by atoms with Crippen LogP contribution in [-0.2, 0) is 6.54 Å². The smallest absolute Gasteiger partial charge is 0.353 e. The van der Waals surface area contributed by atoms with Crippen LogP contribution in [0.3, 0.4) is 0 Å². The predicted octanol–water partition coefficient (Wildman–Crippen LogP) is 2.52. The Kier molecular flexibility index (Phi) is 4.78. The minimum Gasteiger partial charge on any atom is -0.369 e. The van der Waals surface area contributed by atoms with Gasteiger partial charge in [0.25, 0.3) is 0 Å². The number of nitrogen functional groups attached to an aromatic ring is 1. The van der Waals surface area contributed by atoms with Crippen molar-refractivity contribution in [2.75, 3.05) is 25.4 Å². The molecule has 0 atom stereocenters. The van der Waals surface area contributed by atoms with Crippen molar-refractivity contribution in [3.05, 3.63) is 64.3 Å². The van der Waals surface area contributed by atoms with Crippen LogP contribution in [0.25, 0.3) is 28.0 Å². The number of hydrogen-bond donors (Lipinski definition) is 1. The van der Waals surface area contributed by atoms with Crippen LogP contribution in [0.4, 0.5) is 5.95 Å². The molecule has 1 aliphatic heterocycles. The van der Waals surface area contributed by atoms with E-state index in [-0.39, 0.29) is 11.6 Å². The topological polar surface area (TPSA) is 94.3 Å². The highest BCUT2D eigenvalue weighted by atomic mass is 16.2. The summed E-state index contributed by atoms with van der Waals surface area (Å²) in [5.74, 6) is 0.139. The third-order valence-electron chi connectivity index (χ3n) is 5.75. The first-order chi connectivity index (χ1) is 15.0. The van der Waals surface area contributed by atoms with Crippen molar-refractivity contribution in [2.45, 2.75) is 26.8 Å². The summed E-state index contributed by atoms with van der Waals surface area (Å²) >= 11 is 0. The molecule has 5 rings (SSSR count). The van der Waals surface area contributed by atoms with Crippen LogP contribution in [0.15, 0.2) is 47.3 Å². The first kappa shape index (κ1) is 19.4. The summed E-state index contributed by atoms with van der Waals surface area (Å²) in [4.78, 5) is 24.6. The molecule has 3 aromatic heterocycles. The van der Waals surface area contributed by atoms with Crippen LogP contribution in [-0.4, -0.2) is 48.7 Å². The molecule has 1 aliphatic rings.